The van der Waals surface area contributed by atoms with Gasteiger partial charge in [-0.2, -0.15) is 0 Å². The maximum absolute atomic E-state index is 9.86. The first kappa shape index (κ1) is 10.4. The van der Waals surface area contributed by atoms with E-state index in [4.69, 9.17) is 4.43 Å². The van der Waals surface area contributed by atoms with E-state index in [2.05, 4.69) is 0 Å². The van der Waals surface area contributed by atoms with Crippen LogP contribution in [0, 0.1) is 0 Å². The quantitative estimate of drug-likeness (QED) is 0.572. The Morgan fingerprint density at radius 1 is 1.38 bits per heavy atom. The molecule has 1 aromatic rings. The van der Waals surface area contributed by atoms with Crippen LogP contribution in [0.4, 0.5) is 0 Å². The lowest BCUT2D eigenvalue weighted by molar-refractivity contribution is -0.134. The van der Waals surface area contributed by atoms with E-state index in [1.165, 1.54) is 0 Å². The second kappa shape index (κ2) is 4.04. The summed E-state index contributed by atoms with van der Waals surface area (Å²) < 4.78 is 5.15. The van der Waals surface area contributed by atoms with Gasteiger partial charge in [0.2, 0.25) is 0 Å². The molecule has 0 fully saturated rings. The summed E-state index contributed by atoms with van der Waals surface area (Å²) in [5, 5.41) is 9.86. The first-order chi connectivity index (χ1) is 6.08. The second-order valence-corrected chi connectivity index (χ2v) is 3.80. The minimum Gasteiger partial charge on any atom is -0.401 e. The summed E-state index contributed by atoms with van der Waals surface area (Å²) in [6.45, 7) is 3.67. The number of benzene rings is 1. The van der Waals surface area contributed by atoms with Crippen LogP contribution in [0.1, 0.15) is 25.3 Å². The van der Waals surface area contributed by atoms with E-state index in [0.717, 1.165) is 5.56 Å². The van der Waals surface area contributed by atoms with Crippen LogP contribution >= 0.6 is 0 Å². The summed E-state index contributed by atoms with van der Waals surface area (Å²) in [6, 6.07) is 9.90. The third kappa shape index (κ3) is 2.40. The zero-order valence-electron chi connectivity index (χ0n) is 8.32. The summed E-state index contributed by atoms with van der Waals surface area (Å²) in [5.74, 6) is -1.03. The second-order valence-electron chi connectivity index (χ2n) is 3.39. The van der Waals surface area contributed by atoms with Crippen molar-refractivity contribution in [3.8, 4) is 0 Å². The van der Waals surface area contributed by atoms with E-state index in [1.54, 1.807) is 6.92 Å². The molecule has 0 bridgehead atoms. The fraction of sp³-hybridized carbons (Fsp3) is 0.400. The smallest absolute Gasteiger partial charge is 0.158 e. The maximum Gasteiger partial charge on any atom is 0.158 e. The van der Waals surface area contributed by atoms with Gasteiger partial charge >= 0.3 is 0 Å². The Hall–Kier alpha value is -0.643. The monoisotopic (exact) mass is 196 g/mol. The SMILES string of the molecule is C[C@@H](c1ccccc1)[C@@](C)(O)O[SiH3]. The van der Waals surface area contributed by atoms with Crippen molar-refractivity contribution in [2.75, 3.05) is 0 Å². The zero-order valence-corrected chi connectivity index (χ0v) is 10.3. The van der Waals surface area contributed by atoms with Crippen LogP contribution in [0.15, 0.2) is 30.3 Å². The molecule has 0 spiro atoms. The molecule has 1 rings (SSSR count). The molecule has 0 heterocycles. The highest BCUT2D eigenvalue weighted by Gasteiger charge is 2.28. The molecule has 0 aliphatic carbocycles. The molecule has 0 aliphatic rings. The minimum atomic E-state index is -1.03. The van der Waals surface area contributed by atoms with E-state index < -0.39 is 5.79 Å². The molecule has 0 amide bonds. The lowest BCUT2D eigenvalue weighted by atomic mass is 9.94. The van der Waals surface area contributed by atoms with E-state index in [9.17, 15) is 5.11 Å². The summed E-state index contributed by atoms with van der Waals surface area (Å²) in [6.07, 6.45) is 0. The van der Waals surface area contributed by atoms with Gasteiger partial charge in [-0.05, 0) is 12.5 Å². The molecule has 0 aliphatic heterocycles. The number of rotatable bonds is 3. The fourth-order valence-electron chi connectivity index (χ4n) is 1.23. The Balaban J connectivity index is 2.85. The van der Waals surface area contributed by atoms with Gasteiger partial charge in [0.15, 0.2) is 5.79 Å². The van der Waals surface area contributed by atoms with Crippen LogP contribution in [-0.2, 0) is 4.43 Å². The van der Waals surface area contributed by atoms with Crippen molar-refractivity contribution < 1.29 is 9.53 Å². The first-order valence-electron chi connectivity index (χ1n) is 4.40. The summed E-state index contributed by atoms with van der Waals surface area (Å²) in [5.41, 5.74) is 1.10. The molecule has 2 nitrogen and oxygen atoms in total. The molecular formula is C10H16O2Si. The minimum absolute atomic E-state index is 0.00574. The van der Waals surface area contributed by atoms with Gasteiger partial charge in [0, 0.05) is 5.92 Å². The highest BCUT2D eigenvalue weighted by Crippen LogP contribution is 2.27. The molecule has 72 valence electrons. The highest BCUT2D eigenvalue weighted by molar-refractivity contribution is 5.98. The Kier molecular flexibility index (Phi) is 3.25. The van der Waals surface area contributed by atoms with Gasteiger partial charge < -0.3 is 9.53 Å². The van der Waals surface area contributed by atoms with Crippen LogP contribution in [0.3, 0.4) is 0 Å². The number of hydrogen-bond acceptors (Lipinski definition) is 2. The zero-order chi connectivity index (χ0) is 9.90. The topological polar surface area (TPSA) is 29.5 Å². The molecule has 13 heavy (non-hydrogen) atoms. The van der Waals surface area contributed by atoms with Crippen LogP contribution in [0.25, 0.3) is 0 Å². The maximum atomic E-state index is 9.86. The van der Waals surface area contributed by atoms with Crippen LogP contribution in [0.2, 0.25) is 0 Å². The molecular weight excluding hydrogens is 180 g/mol. The molecule has 2 atom stereocenters. The van der Waals surface area contributed by atoms with Crippen molar-refractivity contribution in [1.82, 2.24) is 0 Å². The van der Waals surface area contributed by atoms with Gasteiger partial charge in [0.25, 0.3) is 0 Å². The summed E-state index contributed by atoms with van der Waals surface area (Å²) in [7, 11) is 0.546. The number of aliphatic hydroxyl groups is 1. The molecule has 0 aromatic heterocycles. The Morgan fingerprint density at radius 2 is 1.92 bits per heavy atom. The molecule has 1 N–H and O–H groups in total. The Labute approximate surface area is 82.1 Å². The van der Waals surface area contributed by atoms with Gasteiger partial charge in [-0.1, -0.05) is 37.3 Å². The lowest BCUT2D eigenvalue weighted by Gasteiger charge is -2.29. The lowest BCUT2D eigenvalue weighted by Crippen LogP contribution is -2.33. The van der Waals surface area contributed by atoms with Crippen LogP contribution < -0.4 is 0 Å². The van der Waals surface area contributed by atoms with Gasteiger partial charge in [-0.3, -0.25) is 0 Å². The Morgan fingerprint density at radius 3 is 2.38 bits per heavy atom. The molecule has 0 unspecified atom stereocenters. The average molecular weight is 196 g/mol. The van der Waals surface area contributed by atoms with Gasteiger partial charge in [-0.15, -0.1) is 0 Å². The fourth-order valence-corrected chi connectivity index (χ4v) is 1.58. The van der Waals surface area contributed by atoms with Crippen molar-refractivity contribution in [3.05, 3.63) is 35.9 Å². The van der Waals surface area contributed by atoms with Crippen LogP contribution in [0.5, 0.6) is 0 Å². The van der Waals surface area contributed by atoms with E-state index in [1.807, 2.05) is 37.3 Å². The van der Waals surface area contributed by atoms with Crippen molar-refractivity contribution in [1.29, 1.82) is 0 Å². The molecule has 3 heteroatoms. The van der Waals surface area contributed by atoms with Gasteiger partial charge in [0.05, 0.1) is 0 Å². The first-order valence-corrected chi connectivity index (χ1v) is 5.22. The van der Waals surface area contributed by atoms with E-state index >= 15 is 0 Å². The third-order valence-electron chi connectivity index (χ3n) is 2.52. The summed E-state index contributed by atoms with van der Waals surface area (Å²) in [4.78, 5) is 0. The predicted octanol–water partition coefficient (Wildman–Crippen LogP) is 0.796. The van der Waals surface area contributed by atoms with Crippen LogP contribution in [-0.4, -0.2) is 21.4 Å². The third-order valence-corrected chi connectivity index (χ3v) is 3.34. The molecule has 0 saturated heterocycles. The normalized spacial score (nSPS) is 18.1. The van der Waals surface area contributed by atoms with E-state index in [-0.39, 0.29) is 5.92 Å². The van der Waals surface area contributed by atoms with Gasteiger partial charge in [0.1, 0.15) is 10.5 Å². The Bertz CT molecular complexity index is 259. The number of hydrogen-bond donors (Lipinski definition) is 1. The van der Waals surface area contributed by atoms with E-state index in [0.29, 0.717) is 10.5 Å². The average Bonchev–Trinajstić information content (AvgIpc) is 2.18. The van der Waals surface area contributed by atoms with Crippen molar-refractivity contribution in [3.63, 3.8) is 0 Å². The van der Waals surface area contributed by atoms with Crippen molar-refractivity contribution in [2.24, 2.45) is 0 Å². The summed E-state index contributed by atoms with van der Waals surface area (Å²) >= 11 is 0. The largest absolute Gasteiger partial charge is 0.401 e. The van der Waals surface area contributed by atoms with Crippen molar-refractivity contribution in [2.45, 2.75) is 25.6 Å². The standard InChI is InChI=1S/C10H16O2Si/c1-8(10(2,11)12-13)9-6-4-3-5-7-9/h3-8,11H,1-2,13H3/t8-,10-/m0/s1. The molecule has 0 radical (unpaired) electrons. The van der Waals surface area contributed by atoms with Gasteiger partial charge in [-0.25, -0.2) is 0 Å². The molecule has 1 aromatic carbocycles. The molecule has 0 saturated carbocycles. The predicted molar refractivity (Wildman–Crippen MR) is 56.5 cm³/mol. The van der Waals surface area contributed by atoms with Crippen molar-refractivity contribution >= 4 is 10.5 Å². The highest BCUT2D eigenvalue weighted by atomic mass is 28.2.